The molecule has 2 aromatic rings. The number of likely N-dealkylation sites (tertiary alicyclic amines) is 1. The number of halogens is 1. The van der Waals surface area contributed by atoms with Crippen molar-refractivity contribution in [2.75, 3.05) is 33.2 Å². The monoisotopic (exact) mass is 542 g/mol. The van der Waals surface area contributed by atoms with Crippen LogP contribution in [-0.2, 0) is 0 Å². The molecule has 3 rings (SSSR count). The third-order valence-corrected chi connectivity index (χ3v) is 6.51. The maximum atomic E-state index is 10.4. The molecule has 3 N–H and O–H groups in total. The summed E-state index contributed by atoms with van der Waals surface area (Å²) in [5.41, 5.74) is 0.959. The van der Waals surface area contributed by atoms with Gasteiger partial charge in [-0.1, -0.05) is 36.4 Å². The predicted molar refractivity (Wildman–Crippen MR) is 138 cm³/mol. The van der Waals surface area contributed by atoms with Crippen LogP contribution in [-0.4, -0.2) is 49.2 Å². The van der Waals surface area contributed by atoms with E-state index in [0.717, 1.165) is 31.2 Å². The number of hydrogen-bond donors (Lipinski definition) is 3. The van der Waals surface area contributed by atoms with Gasteiger partial charge >= 0.3 is 0 Å². The Kier molecular flexibility index (Phi) is 11.1. The second kappa shape index (κ2) is 13.3. The first kappa shape index (κ1) is 25.1. The molecule has 0 bridgehead atoms. The summed E-state index contributed by atoms with van der Waals surface area (Å²) in [6.07, 6.45) is 2.63. The lowest BCUT2D eigenvalue weighted by atomic mass is 9.88. The largest absolute Gasteiger partial charge is 0.388 e. The van der Waals surface area contributed by atoms with E-state index in [-0.39, 0.29) is 24.0 Å². The molecule has 5 nitrogen and oxygen atoms in total. The minimum atomic E-state index is -0.457. The number of nitrogens with zero attached hydrogens (tertiary/aromatic N) is 2. The highest BCUT2D eigenvalue weighted by molar-refractivity contribution is 14.0. The fourth-order valence-electron chi connectivity index (χ4n) is 4.08. The third kappa shape index (κ3) is 7.21. The van der Waals surface area contributed by atoms with E-state index in [1.54, 1.807) is 0 Å². The van der Waals surface area contributed by atoms with Gasteiger partial charge < -0.3 is 15.7 Å². The van der Waals surface area contributed by atoms with E-state index < -0.39 is 6.10 Å². The molecule has 2 heterocycles. The number of hydrogen-bond acceptors (Lipinski definition) is 4. The van der Waals surface area contributed by atoms with E-state index in [9.17, 15) is 5.11 Å². The van der Waals surface area contributed by atoms with Crippen molar-refractivity contribution in [3.05, 3.63) is 58.3 Å². The van der Waals surface area contributed by atoms with Gasteiger partial charge in [-0.05, 0) is 62.7 Å². The normalized spacial score (nSPS) is 21.0. The van der Waals surface area contributed by atoms with Crippen molar-refractivity contribution in [2.45, 2.75) is 38.3 Å². The van der Waals surface area contributed by atoms with Crippen molar-refractivity contribution in [2.24, 2.45) is 10.9 Å². The molecule has 1 saturated heterocycles. The average molecular weight is 543 g/mol. The Labute approximate surface area is 202 Å². The number of aliphatic hydroxyl groups excluding tert-OH is 1. The Morgan fingerprint density at radius 3 is 2.73 bits per heavy atom. The number of guanidine groups is 1. The summed E-state index contributed by atoms with van der Waals surface area (Å²) in [7, 11) is 2.23. The smallest absolute Gasteiger partial charge is 0.191 e. The molecule has 1 aromatic carbocycles. The molecule has 0 saturated carbocycles. The molecular formula is C23H35IN4OS. The molecule has 1 aromatic heterocycles. The lowest BCUT2D eigenvalue weighted by Gasteiger charge is -2.38. The van der Waals surface area contributed by atoms with Gasteiger partial charge in [-0.2, -0.15) is 0 Å². The minimum Gasteiger partial charge on any atom is -0.388 e. The van der Waals surface area contributed by atoms with E-state index in [4.69, 9.17) is 4.99 Å². The molecule has 3 unspecified atom stereocenters. The first-order valence-corrected chi connectivity index (χ1v) is 11.6. The van der Waals surface area contributed by atoms with Crippen molar-refractivity contribution < 1.29 is 5.11 Å². The van der Waals surface area contributed by atoms with E-state index in [1.165, 1.54) is 17.7 Å². The van der Waals surface area contributed by atoms with Crippen LogP contribution in [0.15, 0.2) is 52.8 Å². The summed E-state index contributed by atoms with van der Waals surface area (Å²) in [6.45, 7) is 5.55. The summed E-state index contributed by atoms with van der Waals surface area (Å²) in [6, 6.07) is 14.7. The zero-order valence-corrected chi connectivity index (χ0v) is 21.1. The number of aliphatic imine (C=N–C) groups is 1. The van der Waals surface area contributed by atoms with Crippen LogP contribution in [0.3, 0.4) is 0 Å². The van der Waals surface area contributed by atoms with Crippen LogP contribution in [0.5, 0.6) is 0 Å². The molecule has 0 amide bonds. The highest BCUT2D eigenvalue weighted by atomic mass is 127. The number of aliphatic hydroxyl groups is 1. The highest BCUT2D eigenvalue weighted by Gasteiger charge is 2.31. The zero-order valence-electron chi connectivity index (χ0n) is 18.0. The van der Waals surface area contributed by atoms with Gasteiger partial charge in [0.2, 0.25) is 0 Å². The van der Waals surface area contributed by atoms with Crippen LogP contribution < -0.4 is 10.6 Å². The maximum absolute atomic E-state index is 10.4. The topological polar surface area (TPSA) is 59.9 Å². The van der Waals surface area contributed by atoms with E-state index >= 15 is 0 Å². The van der Waals surface area contributed by atoms with Gasteiger partial charge in [0.25, 0.3) is 0 Å². The van der Waals surface area contributed by atoms with Crippen LogP contribution in [0.4, 0.5) is 0 Å². The first-order chi connectivity index (χ1) is 14.2. The average Bonchev–Trinajstić information content (AvgIpc) is 3.27. The lowest BCUT2D eigenvalue weighted by molar-refractivity contribution is 0.128. The van der Waals surface area contributed by atoms with Gasteiger partial charge in [0.15, 0.2) is 5.96 Å². The van der Waals surface area contributed by atoms with E-state index in [2.05, 4.69) is 47.0 Å². The third-order valence-electron chi connectivity index (χ3n) is 5.56. The molecule has 1 aliphatic rings. The molecule has 1 fully saturated rings. The number of thiophene rings is 1. The van der Waals surface area contributed by atoms with Gasteiger partial charge in [0, 0.05) is 30.6 Å². The maximum Gasteiger partial charge on any atom is 0.191 e. The van der Waals surface area contributed by atoms with Crippen molar-refractivity contribution >= 4 is 41.3 Å². The van der Waals surface area contributed by atoms with Crippen molar-refractivity contribution in [1.29, 1.82) is 0 Å². The summed E-state index contributed by atoms with van der Waals surface area (Å²) < 4.78 is 0. The second-order valence-corrected chi connectivity index (χ2v) is 8.68. The summed E-state index contributed by atoms with van der Waals surface area (Å²) in [4.78, 5) is 8.81. The van der Waals surface area contributed by atoms with E-state index in [0.29, 0.717) is 24.9 Å². The number of nitrogens with one attached hydrogen (secondary N) is 2. The van der Waals surface area contributed by atoms with Crippen LogP contribution in [0.1, 0.15) is 48.8 Å². The SMILES string of the molecule is CCNC(=NCC1CCCN(C)C1c1cccs1)NCCC(O)c1ccccc1.I. The van der Waals surface area contributed by atoms with Crippen LogP contribution in [0.2, 0.25) is 0 Å². The second-order valence-electron chi connectivity index (χ2n) is 7.70. The number of piperidine rings is 1. The molecule has 0 radical (unpaired) electrons. The quantitative estimate of drug-likeness (QED) is 0.263. The summed E-state index contributed by atoms with van der Waals surface area (Å²) >= 11 is 1.85. The Balaban J connectivity index is 0.00000320. The van der Waals surface area contributed by atoms with Gasteiger partial charge in [-0.25, -0.2) is 0 Å². The Hall–Kier alpha value is -1.16. The Bertz CT molecular complexity index is 741. The van der Waals surface area contributed by atoms with Crippen LogP contribution in [0.25, 0.3) is 0 Å². The van der Waals surface area contributed by atoms with Gasteiger partial charge in [0.1, 0.15) is 0 Å². The highest BCUT2D eigenvalue weighted by Crippen LogP contribution is 2.37. The fourth-order valence-corrected chi connectivity index (χ4v) is 5.06. The summed E-state index contributed by atoms with van der Waals surface area (Å²) in [5.74, 6) is 1.36. The number of rotatable bonds is 8. The molecule has 1 aliphatic heterocycles. The Morgan fingerprint density at radius 1 is 1.23 bits per heavy atom. The van der Waals surface area contributed by atoms with Crippen molar-refractivity contribution in [1.82, 2.24) is 15.5 Å². The van der Waals surface area contributed by atoms with Gasteiger partial charge in [-0.15, -0.1) is 35.3 Å². The van der Waals surface area contributed by atoms with E-state index in [1.807, 2.05) is 41.7 Å². The van der Waals surface area contributed by atoms with Crippen LogP contribution in [0, 0.1) is 5.92 Å². The van der Waals surface area contributed by atoms with Crippen LogP contribution >= 0.6 is 35.3 Å². The first-order valence-electron chi connectivity index (χ1n) is 10.7. The van der Waals surface area contributed by atoms with Gasteiger partial charge in [0.05, 0.1) is 6.10 Å². The lowest BCUT2D eigenvalue weighted by Crippen LogP contribution is -2.40. The van der Waals surface area contributed by atoms with Gasteiger partial charge in [-0.3, -0.25) is 9.89 Å². The molecule has 0 spiro atoms. The molecule has 0 aliphatic carbocycles. The Morgan fingerprint density at radius 2 is 2.03 bits per heavy atom. The zero-order chi connectivity index (χ0) is 20.5. The molecular weight excluding hydrogens is 507 g/mol. The van der Waals surface area contributed by atoms with Crippen molar-refractivity contribution in [3.63, 3.8) is 0 Å². The predicted octanol–water partition coefficient (Wildman–Crippen LogP) is 4.43. The number of benzene rings is 1. The molecule has 166 valence electrons. The molecule has 7 heteroatoms. The molecule has 3 atom stereocenters. The standard InChI is InChI=1S/C23H34N4OS.HI/c1-3-24-23(25-14-13-20(28)18-9-5-4-6-10-18)26-17-19-11-7-15-27(2)22(19)21-12-8-16-29-21;/h4-6,8-10,12,16,19-20,22,28H,3,7,11,13-15,17H2,1-2H3,(H2,24,25,26);1H. The van der Waals surface area contributed by atoms with Crippen molar-refractivity contribution in [3.8, 4) is 0 Å². The fraction of sp³-hybridized carbons (Fsp3) is 0.522. The minimum absolute atomic E-state index is 0. The molecule has 30 heavy (non-hydrogen) atoms. The summed E-state index contributed by atoms with van der Waals surface area (Å²) in [5, 5.41) is 19.3.